The highest BCUT2D eigenvalue weighted by Gasteiger charge is 2.24. The molecule has 0 bridgehead atoms. The normalized spacial score (nSPS) is 21.8. The van der Waals surface area contributed by atoms with E-state index < -0.39 is 0 Å². The summed E-state index contributed by atoms with van der Waals surface area (Å²) < 4.78 is 0. The topological polar surface area (TPSA) is 60.9 Å². The van der Waals surface area contributed by atoms with Crippen molar-refractivity contribution in [3.05, 3.63) is 11.6 Å². The van der Waals surface area contributed by atoms with Crippen LogP contribution in [0, 0.1) is 0 Å². The van der Waals surface area contributed by atoms with Crippen molar-refractivity contribution in [3.8, 4) is 0 Å². The van der Waals surface area contributed by atoms with Crippen LogP contribution in [-0.2, 0) is 0 Å². The van der Waals surface area contributed by atoms with Crippen molar-refractivity contribution < 1.29 is 0 Å². The third kappa shape index (κ3) is 2.37. The number of imidazole rings is 1. The van der Waals surface area contributed by atoms with E-state index in [0.29, 0.717) is 11.7 Å². The number of fused-ring (bicyclic) bond motifs is 1. The van der Waals surface area contributed by atoms with Gasteiger partial charge in [-0.3, -0.25) is 0 Å². The van der Waals surface area contributed by atoms with Crippen LogP contribution < -0.4 is 4.90 Å². The summed E-state index contributed by atoms with van der Waals surface area (Å²) in [6.07, 6.45) is 2.74. The largest absolute Gasteiger partial charge is 0.351 e. The number of likely N-dealkylation sites (N-methyl/N-ethyl adjacent to an activating group) is 1. The maximum absolute atomic E-state index is 6.00. The Morgan fingerprint density at radius 2 is 2.21 bits per heavy atom. The SMILES string of the molecule is CC1CN(C)CCCN1c1nc(Cl)nc2nc[nH]c12. The summed E-state index contributed by atoms with van der Waals surface area (Å²) in [5, 5.41) is 0.249. The third-order valence-electron chi connectivity index (χ3n) is 3.56. The first kappa shape index (κ1) is 12.6. The number of rotatable bonds is 1. The molecule has 1 atom stereocenters. The van der Waals surface area contributed by atoms with Crippen LogP contribution in [0.5, 0.6) is 0 Å². The van der Waals surface area contributed by atoms with E-state index in [2.05, 4.69) is 43.7 Å². The lowest BCUT2D eigenvalue weighted by Gasteiger charge is -2.29. The van der Waals surface area contributed by atoms with Gasteiger partial charge in [-0.05, 0) is 38.5 Å². The number of halogens is 1. The number of aromatic nitrogens is 4. The molecule has 1 unspecified atom stereocenters. The first-order valence-electron chi connectivity index (χ1n) is 6.47. The van der Waals surface area contributed by atoms with E-state index in [4.69, 9.17) is 11.6 Å². The Morgan fingerprint density at radius 1 is 1.37 bits per heavy atom. The monoisotopic (exact) mass is 280 g/mol. The van der Waals surface area contributed by atoms with Gasteiger partial charge in [0, 0.05) is 19.1 Å². The summed E-state index contributed by atoms with van der Waals surface area (Å²) in [6, 6.07) is 0.380. The van der Waals surface area contributed by atoms with Crippen molar-refractivity contribution >= 4 is 28.6 Å². The fraction of sp³-hybridized carbons (Fsp3) is 0.583. The van der Waals surface area contributed by atoms with E-state index >= 15 is 0 Å². The molecule has 3 rings (SSSR count). The van der Waals surface area contributed by atoms with Gasteiger partial charge in [-0.25, -0.2) is 4.98 Å². The highest BCUT2D eigenvalue weighted by Crippen LogP contribution is 2.25. The third-order valence-corrected chi connectivity index (χ3v) is 3.73. The van der Waals surface area contributed by atoms with Gasteiger partial charge in [0.05, 0.1) is 6.33 Å². The van der Waals surface area contributed by atoms with Crippen LogP contribution in [0.2, 0.25) is 5.28 Å². The standard InChI is InChI=1S/C12H17ClN6/c1-8-6-18(2)4-3-5-19(8)11-9-10(15-7-14-9)16-12(13)17-11/h7-8H,3-6H2,1-2H3,(H,14,15,16,17). The van der Waals surface area contributed by atoms with Gasteiger partial charge in [0.2, 0.25) is 5.28 Å². The van der Waals surface area contributed by atoms with Gasteiger partial charge in [0.15, 0.2) is 11.5 Å². The fourth-order valence-corrected chi connectivity index (χ4v) is 2.85. The van der Waals surface area contributed by atoms with E-state index in [1.54, 1.807) is 6.33 Å². The zero-order valence-corrected chi connectivity index (χ0v) is 11.9. The Hall–Kier alpha value is -1.40. The number of hydrogen-bond acceptors (Lipinski definition) is 5. The molecule has 1 fully saturated rings. The number of H-pyrrole nitrogens is 1. The van der Waals surface area contributed by atoms with E-state index in [9.17, 15) is 0 Å². The maximum atomic E-state index is 6.00. The van der Waals surface area contributed by atoms with Crippen LogP contribution in [0.25, 0.3) is 11.2 Å². The zero-order valence-electron chi connectivity index (χ0n) is 11.1. The predicted molar refractivity (Wildman–Crippen MR) is 75.6 cm³/mol. The van der Waals surface area contributed by atoms with Gasteiger partial charge in [-0.2, -0.15) is 9.97 Å². The minimum Gasteiger partial charge on any atom is -0.351 e. The van der Waals surface area contributed by atoms with E-state index in [0.717, 1.165) is 37.4 Å². The lowest BCUT2D eigenvalue weighted by atomic mass is 10.2. The molecule has 102 valence electrons. The highest BCUT2D eigenvalue weighted by molar-refractivity contribution is 6.28. The number of anilines is 1. The molecule has 19 heavy (non-hydrogen) atoms. The van der Waals surface area contributed by atoms with Gasteiger partial charge in [-0.1, -0.05) is 0 Å². The van der Waals surface area contributed by atoms with Crippen LogP contribution in [0.3, 0.4) is 0 Å². The summed E-state index contributed by atoms with van der Waals surface area (Å²) in [5.74, 6) is 0.857. The quantitative estimate of drug-likeness (QED) is 0.803. The summed E-state index contributed by atoms with van der Waals surface area (Å²) in [5.41, 5.74) is 1.49. The van der Waals surface area contributed by atoms with Crippen molar-refractivity contribution in [2.75, 3.05) is 31.6 Å². The van der Waals surface area contributed by atoms with Gasteiger partial charge in [-0.15, -0.1) is 0 Å². The second kappa shape index (κ2) is 4.94. The molecule has 0 saturated carbocycles. The molecule has 0 spiro atoms. The van der Waals surface area contributed by atoms with Crippen molar-refractivity contribution in [3.63, 3.8) is 0 Å². The summed E-state index contributed by atoms with van der Waals surface area (Å²) >= 11 is 6.00. The van der Waals surface area contributed by atoms with Gasteiger partial charge >= 0.3 is 0 Å². The van der Waals surface area contributed by atoms with Gasteiger partial charge in [0.1, 0.15) is 5.52 Å². The predicted octanol–water partition coefficient (Wildman–Crippen LogP) is 1.54. The molecular weight excluding hydrogens is 264 g/mol. The Kier molecular flexibility index (Phi) is 3.28. The second-order valence-corrected chi connectivity index (χ2v) is 5.41. The lowest BCUT2D eigenvalue weighted by Crippen LogP contribution is -2.38. The zero-order chi connectivity index (χ0) is 13.4. The average molecular weight is 281 g/mol. The molecule has 6 nitrogen and oxygen atoms in total. The molecule has 0 aliphatic carbocycles. The molecule has 2 aromatic rings. The number of nitrogens with zero attached hydrogens (tertiary/aromatic N) is 5. The molecule has 7 heteroatoms. The van der Waals surface area contributed by atoms with Crippen LogP contribution >= 0.6 is 11.6 Å². The minimum absolute atomic E-state index is 0.249. The smallest absolute Gasteiger partial charge is 0.226 e. The van der Waals surface area contributed by atoms with Crippen molar-refractivity contribution in [2.45, 2.75) is 19.4 Å². The minimum atomic E-state index is 0.249. The number of hydrogen-bond donors (Lipinski definition) is 1. The molecule has 0 radical (unpaired) electrons. The fourth-order valence-electron chi connectivity index (χ4n) is 2.69. The Morgan fingerprint density at radius 3 is 3.05 bits per heavy atom. The first-order chi connectivity index (χ1) is 9.15. The molecule has 1 N–H and O–H groups in total. The van der Waals surface area contributed by atoms with Crippen molar-refractivity contribution in [2.24, 2.45) is 0 Å². The van der Waals surface area contributed by atoms with Crippen molar-refractivity contribution in [1.29, 1.82) is 0 Å². The molecule has 0 aromatic carbocycles. The van der Waals surface area contributed by atoms with Crippen LogP contribution in [0.4, 0.5) is 5.82 Å². The molecule has 2 aromatic heterocycles. The van der Waals surface area contributed by atoms with E-state index in [-0.39, 0.29) is 5.28 Å². The maximum Gasteiger partial charge on any atom is 0.226 e. The summed E-state index contributed by atoms with van der Waals surface area (Å²) in [7, 11) is 2.15. The van der Waals surface area contributed by atoms with Crippen LogP contribution in [0.1, 0.15) is 13.3 Å². The number of nitrogens with one attached hydrogen (secondary N) is 1. The molecule has 1 aliphatic heterocycles. The lowest BCUT2D eigenvalue weighted by molar-refractivity contribution is 0.337. The van der Waals surface area contributed by atoms with Gasteiger partial charge in [0.25, 0.3) is 0 Å². The highest BCUT2D eigenvalue weighted by atomic mass is 35.5. The molecule has 3 heterocycles. The molecular formula is C12H17ClN6. The Balaban J connectivity index is 2.04. The molecule has 1 saturated heterocycles. The van der Waals surface area contributed by atoms with Crippen LogP contribution in [0.15, 0.2) is 6.33 Å². The second-order valence-electron chi connectivity index (χ2n) is 5.08. The van der Waals surface area contributed by atoms with Gasteiger partial charge < -0.3 is 14.8 Å². The van der Waals surface area contributed by atoms with Crippen LogP contribution in [-0.4, -0.2) is 57.6 Å². The summed E-state index contributed by atoms with van der Waals surface area (Å²) in [4.78, 5) is 20.5. The number of aromatic amines is 1. The van der Waals surface area contributed by atoms with E-state index in [1.807, 2.05) is 0 Å². The van der Waals surface area contributed by atoms with Crippen molar-refractivity contribution in [1.82, 2.24) is 24.8 Å². The molecule has 0 amide bonds. The summed E-state index contributed by atoms with van der Waals surface area (Å²) in [6.45, 7) is 5.29. The van der Waals surface area contributed by atoms with E-state index in [1.165, 1.54) is 0 Å². The first-order valence-corrected chi connectivity index (χ1v) is 6.85. The Labute approximate surface area is 116 Å². The average Bonchev–Trinajstić information content (AvgIpc) is 2.74. The Bertz CT molecular complexity index is 583. The molecule has 1 aliphatic rings.